The minimum absolute atomic E-state index is 0.381. The lowest BCUT2D eigenvalue weighted by Crippen LogP contribution is -2.36. The molecule has 0 aliphatic heterocycles. The van der Waals surface area contributed by atoms with Gasteiger partial charge in [-0.25, -0.2) is 4.99 Å². The predicted octanol–water partition coefficient (Wildman–Crippen LogP) is 3.55. The van der Waals surface area contributed by atoms with Gasteiger partial charge in [0.15, 0.2) is 17.5 Å². The van der Waals surface area contributed by atoms with Crippen LogP contribution in [0.5, 0.6) is 11.5 Å². The van der Waals surface area contributed by atoms with Crippen molar-refractivity contribution in [1.29, 1.82) is 0 Å². The fourth-order valence-corrected chi connectivity index (χ4v) is 2.86. The largest absolute Gasteiger partial charge is 0.493 e. The minimum atomic E-state index is 0.381. The Morgan fingerprint density at radius 1 is 1.04 bits per heavy atom. The molecule has 2 aromatic rings. The standard InChI is InChI=1S/C21H29N3O2/c1-15(2)18(17-8-6-5-7-9-17)14-24-21(22)23-13-16-10-11-19(25-3)20(12-16)26-4/h5-12,15,18H,13-14H2,1-4H3,(H3,22,23,24). The Balaban J connectivity index is 1.97. The molecule has 5 heteroatoms. The van der Waals surface area contributed by atoms with Crippen molar-refractivity contribution in [2.75, 3.05) is 20.8 Å². The number of hydrogen-bond donors (Lipinski definition) is 2. The van der Waals surface area contributed by atoms with Crippen LogP contribution in [-0.4, -0.2) is 26.7 Å². The van der Waals surface area contributed by atoms with E-state index in [1.54, 1.807) is 14.2 Å². The molecule has 5 nitrogen and oxygen atoms in total. The van der Waals surface area contributed by atoms with Crippen molar-refractivity contribution in [3.05, 3.63) is 59.7 Å². The molecule has 0 spiro atoms. The summed E-state index contributed by atoms with van der Waals surface area (Å²) in [5, 5.41) is 3.26. The third-order valence-corrected chi connectivity index (χ3v) is 4.42. The Bertz CT molecular complexity index is 714. The summed E-state index contributed by atoms with van der Waals surface area (Å²) < 4.78 is 10.6. The molecule has 0 bridgehead atoms. The van der Waals surface area contributed by atoms with Gasteiger partial charge in [-0.2, -0.15) is 0 Å². The number of ether oxygens (including phenoxy) is 2. The quantitative estimate of drug-likeness (QED) is 0.561. The van der Waals surface area contributed by atoms with Crippen molar-refractivity contribution in [3.8, 4) is 11.5 Å². The zero-order chi connectivity index (χ0) is 18.9. The van der Waals surface area contributed by atoms with Crippen LogP contribution in [0.15, 0.2) is 53.5 Å². The van der Waals surface area contributed by atoms with Crippen LogP contribution in [-0.2, 0) is 6.54 Å². The molecule has 0 aliphatic carbocycles. The van der Waals surface area contributed by atoms with Crippen LogP contribution in [0, 0.1) is 5.92 Å². The molecular formula is C21H29N3O2. The van der Waals surface area contributed by atoms with Crippen LogP contribution in [0.25, 0.3) is 0 Å². The van der Waals surface area contributed by atoms with Gasteiger partial charge in [0.2, 0.25) is 0 Å². The molecule has 3 N–H and O–H groups in total. The number of benzene rings is 2. The first kappa shape index (κ1) is 19.6. The Hall–Kier alpha value is -2.69. The molecule has 0 aromatic heterocycles. The third-order valence-electron chi connectivity index (χ3n) is 4.42. The van der Waals surface area contributed by atoms with E-state index < -0.39 is 0 Å². The van der Waals surface area contributed by atoms with E-state index in [4.69, 9.17) is 15.2 Å². The van der Waals surface area contributed by atoms with Gasteiger partial charge in [0.05, 0.1) is 20.8 Å². The molecule has 2 rings (SSSR count). The lowest BCUT2D eigenvalue weighted by molar-refractivity contribution is 0.354. The van der Waals surface area contributed by atoms with Crippen LogP contribution in [0.3, 0.4) is 0 Å². The van der Waals surface area contributed by atoms with Crippen LogP contribution in [0.2, 0.25) is 0 Å². The number of nitrogens with one attached hydrogen (secondary N) is 1. The summed E-state index contributed by atoms with van der Waals surface area (Å²) in [6.07, 6.45) is 0. The van der Waals surface area contributed by atoms with Crippen molar-refractivity contribution >= 4 is 5.96 Å². The Kier molecular flexibility index (Phi) is 7.33. The van der Waals surface area contributed by atoms with Crippen molar-refractivity contribution in [3.63, 3.8) is 0 Å². The summed E-state index contributed by atoms with van der Waals surface area (Å²) in [5.41, 5.74) is 8.38. The predicted molar refractivity (Wildman–Crippen MR) is 107 cm³/mol. The van der Waals surface area contributed by atoms with Crippen molar-refractivity contribution in [2.24, 2.45) is 16.6 Å². The summed E-state index contributed by atoms with van der Waals surface area (Å²) in [6, 6.07) is 16.2. The van der Waals surface area contributed by atoms with E-state index >= 15 is 0 Å². The second kappa shape index (κ2) is 9.70. The smallest absolute Gasteiger partial charge is 0.188 e. The highest BCUT2D eigenvalue weighted by atomic mass is 16.5. The molecule has 0 radical (unpaired) electrons. The molecule has 0 saturated carbocycles. The SMILES string of the molecule is COc1ccc(CN=C(N)NCC(c2ccccc2)C(C)C)cc1OC. The van der Waals surface area contributed by atoms with E-state index in [9.17, 15) is 0 Å². The molecule has 0 aliphatic rings. The number of hydrogen-bond acceptors (Lipinski definition) is 3. The zero-order valence-electron chi connectivity index (χ0n) is 16.0. The van der Waals surface area contributed by atoms with Crippen LogP contribution < -0.4 is 20.5 Å². The second-order valence-electron chi connectivity index (χ2n) is 6.53. The first-order chi connectivity index (χ1) is 12.5. The molecule has 2 aromatic carbocycles. The molecule has 0 amide bonds. The first-order valence-corrected chi connectivity index (χ1v) is 8.84. The van der Waals surface area contributed by atoms with E-state index in [-0.39, 0.29) is 0 Å². The molecule has 0 saturated heterocycles. The van der Waals surface area contributed by atoms with Gasteiger partial charge in [0.1, 0.15) is 0 Å². The molecule has 1 unspecified atom stereocenters. The second-order valence-corrected chi connectivity index (χ2v) is 6.53. The summed E-state index contributed by atoms with van der Waals surface area (Å²) in [5.74, 6) is 2.72. The lowest BCUT2D eigenvalue weighted by atomic mass is 9.88. The highest BCUT2D eigenvalue weighted by Gasteiger charge is 2.15. The van der Waals surface area contributed by atoms with Gasteiger partial charge >= 0.3 is 0 Å². The van der Waals surface area contributed by atoms with Crippen LogP contribution in [0.1, 0.15) is 30.9 Å². The minimum Gasteiger partial charge on any atom is -0.493 e. The number of guanidine groups is 1. The average Bonchev–Trinajstić information content (AvgIpc) is 2.66. The van der Waals surface area contributed by atoms with E-state index in [1.165, 1.54) is 5.56 Å². The van der Waals surface area contributed by atoms with E-state index in [0.29, 0.717) is 35.8 Å². The highest BCUT2D eigenvalue weighted by molar-refractivity contribution is 5.77. The molecule has 26 heavy (non-hydrogen) atoms. The number of rotatable bonds is 8. The molecule has 0 heterocycles. The molecule has 1 atom stereocenters. The van der Waals surface area contributed by atoms with Crippen molar-refractivity contribution in [2.45, 2.75) is 26.3 Å². The van der Waals surface area contributed by atoms with E-state index in [0.717, 1.165) is 12.1 Å². The normalized spacial score (nSPS) is 12.7. The van der Waals surface area contributed by atoms with Gasteiger partial charge in [-0.1, -0.05) is 50.2 Å². The first-order valence-electron chi connectivity index (χ1n) is 8.84. The van der Waals surface area contributed by atoms with Gasteiger partial charge in [0, 0.05) is 12.5 Å². The number of nitrogens with two attached hydrogens (primary N) is 1. The van der Waals surface area contributed by atoms with Gasteiger partial charge in [-0.15, -0.1) is 0 Å². The maximum absolute atomic E-state index is 6.06. The fourth-order valence-electron chi connectivity index (χ4n) is 2.86. The van der Waals surface area contributed by atoms with Crippen molar-refractivity contribution in [1.82, 2.24) is 5.32 Å². The van der Waals surface area contributed by atoms with Gasteiger partial charge in [-0.3, -0.25) is 0 Å². The highest BCUT2D eigenvalue weighted by Crippen LogP contribution is 2.27. The van der Waals surface area contributed by atoms with E-state index in [1.807, 2.05) is 24.3 Å². The lowest BCUT2D eigenvalue weighted by Gasteiger charge is -2.22. The Morgan fingerprint density at radius 3 is 2.35 bits per heavy atom. The van der Waals surface area contributed by atoms with Crippen molar-refractivity contribution < 1.29 is 9.47 Å². The number of nitrogens with zero attached hydrogens (tertiary/aromatic N) is 1. The summed E-state index contributed by atoms with van der Waals surface area (Å²) in [7, 11) is 3.24. The number of methoxy groups -OCH3 is 2. The molecular weight excluding hydrogens is 326 g/mol. The molecule has 0 fully saturated rings. The Morgan fingerprint density at radius 2 is 1.73 bits per heavy atom. The van der Waals surface area contributed by atoms with Crippen LogP contribution in [0.4, 0.5) is 0 Å². The maximum Gasteiger partial charge on any atom is 0.188 e. The third kappa shape index (κ3) is 5.41. The zero-order valence-corrected chi connectivity index (χ0v) is 16.0. The Labute approximate surface area is 156 Å². The van der Waals surface area contributed by atoms with E-state index in [2.05, 4.69) is 48.4 Å². The summed E-state index contributed by atoms with van der Waals surface area (Å²) in [6.45, 7) is 5.67. The topological polar surface area (TPSA) is 68.9 Å². The fraction of sp³-hybridized carbons (Fsp3) is 0.381. The average molecular weight is 355 g/mol. The summed E-state index contributed by atoms with van der Waals surface area (Å²) >= 11 is 0. The van der Waals surface area contributed by atoms with Crippen LogP contribution >= 0.6 is 0 Å². The van der Waals surface area contributed by atoms with Gasteiger partial charge < -0.3 is 20.5 Å². The summed E-state index contributed by atoms with van der Waals surface area (Å²) in [4.78, 5) is 4.44. The monoisotopic (exact) mass is 355 g/mol. The number of aliphatic imine (C=N–C) groups is 1. The van der Waals surface area contributed by atoms with Gasteiger partial charge in [0.25, 0.3) is 0 Å². The molecule has 140 valence electrons. The van der Waals surface area contributed by atoms with Gasteiger partial charge in [-0.05, 0) is 29.2 Å². The maximum atomic E-state index is 6.06.